The topological polar surface area (TPSA) is 41.0 Å². The van der Waals surface area contributed by atoms with Gasteiger partial charge in [-0.15, -0.1) is 5.10 Å². The maximum Gasteiger partial charge on any atom is 0.151 e. The number of rotatable bonds is 7. The van der Waals surface area contributed by atoms with Gasteiger partial charge in [0, 0.05) is 25.2 Å². The lowest BCUT2D eigenvalue weighted by Gasteiger charge is -2.18. The first-order valence-corrected chi connectivity index (χ1v) is 7.55. The molecule has 0 amide bonds. The Bertz CT molecular complexity index is 556. The molecule has 1 aromatic heterocycles. The summed E-state index contributed by atoms with van der Waals surface area (Å²) in [6.45, 7) is 4.66. The van der Waals surface area contributed by atoms with Crippen molar-refractivity contribution >= 4 is 17.4 Å². The third-order valence-electron chi connectivity index (χ3n) is 3.14. The van der Waals surface area contributed by atoms with Gasteiger partial charge in [0.1, 0.15) is 0 Å². The van der Waals surface area contributed by atoms with Gasteiger partial charge in [0.15, 0.2) is 5.82 Å². The summed E-state index contributed by atoms with van der Waals surface area (Å²) in [7, 11) is 2.00. The average Bonchev–Trinajstić information content (AvgIpc) is 2.48. The third-order valence-corrected chi connectivity index (χ3v) is 3.37. The summed E-state index contributed by atoms with van der Waals surface area (Å²) in [6.07, 6.45) is 1.12. The van der Waals surface area contributed by atoms with Crippen LogP contribution in [-0.2, 0) is 13.1 Å². The van der Waals surface area contributed by atoms with Crippen molar-refractivity contribution in [3.63, 3.8) is 0 Å². The van der Waals surface area contributed by atoms with Gasteiger partial charge in [-0.3, -0.25) is 0 Å². The minimum Gasteiger partial charge on any atom is -0.354 e. The first-order chi connectivity index (χ1) is 10.2. The van der Waals surface area contributed by atoms with Gasteiger partial charge in [-0.2, -0.15) is 5.10 Å². The zero-order valence-corrected chi connectivity index (χ0v) is 13.3. The van der Waals surface area contributed by atoms with E-state index in [1.807, 2.05) is 37.4 Å². The van der Waals surface area contributed by atoms with Crippen LogP contribution in [0.5, 0.6) is 0 Å². The fraction of sp³-hybridized carbons (Fsp3) is 0.375. The number of benzene rings is 1. The van der Waals surface area contributed by atoms with Crippen molar-refractivity contribution in [2.24, 2.45) is 0 Å². The van der Waals surface area contributed by atoms with E-state index in [0.717, 1.165) is 48.2 Å². The lowest BCUT2D eigenvalue weighted by molar-refractivity contribution is 0.656. The lowest BCUT2D eigenvalue weighted by Crippen LogP contribution is -2.19. The Hall–Kier alpha value is -1.65. The van der Waals surface area contributed by atoms with E-state index in [4.69, 9.17) is 11.6 Å². The number of halogens is 1. The quantitative estimate of drug-likeness (QED) is 0.797. The fourth-order valence-electron chi connectivity index (χ4n) is 2.03. The van der Waals surface area contributed by atoms with E-state index >= 15 is 0 Å². The highest BCUT2D eigenvalue weighted by Gasteiger charge is 2.05. The first-order valence-electron chi connectivity index (χ1n) is 7.18. The van der Waals surface area contributed by atoms with E-state index in [9.17, 15) is 0 Å². The number of hydrogen-bond donors (Lipinski definition) is 1. The van der Waals surface area contributed by atoms with Crippen LogP contribution >= 0.6 is 11.6 Å². The van der Waals surface area contributed by atoms with Crippen molar-refractivity contribution in [2.45, 2.75) is 26.4 Å². The molecule has 0 radical (unpaired) electrons. The lowest BCUT2D eigenvalue weighted by atomic mass is 10.2. The van der Waals surface area contributed by atoms with Crippen LogP contribution in [0.25, 0.3) is 0 Å². The van der Waals surface area contributed by atoms with Gasteiger partial charge in [-0.1, -0.05) is 30.7 Å². The Morgan fingerprint density at radius 2 is 2.05 bits per heavy atom. The van der Waals surface area contributed by atoms with Gasteiger partial charge >= 0.3 is 0 Å². The van der Waals surface area contributed by atoms with Gasteiger partial charge in [0.25, 0.3) is 0 Å². The summed E-state index contributed by atoms with van der Waals surface area (Å²) in [5, 5.41) is 12.6. The van der Waals surface area contributed by atoms with Crippen LogP contribution in [0.1, 0.15) is 24.6 Å². The van der Waals surface area contributed by atoms with E-state index in [2.05, 4.69) is 33.4 Å². The van der Waals surface area contributed by atoms with Crippen LogP contribution in [0.3, 0.4) is 0 Å². The first kappa shape index (κ1) is 15.7. The largest absolute Gasteiger partial charge is 0.354 e. The summed E-state index contributed by atoms with van der Waals surface area (Å²) in [5.74, 6) is 0.856. The third kappa shape index (κ3) is 4.99. The Labute approximate surface area is 131 Å². The van der Waals surface area contributed by atoms with Crippen LogP contribution in [0.15, 0.2) is 36.4 Å². The highest BCUT2D eigenvalue weighted by Crippen LogP contribution is 2.15. The van der Waals surface area contributed by atoms with E-state index in [0.29, 0.717) is 0 Å². The molecule has 0 fully saturated rings. The van der Waals surface area contributed by atoms with Crippen LogP contribution in [0.4, 0.5) is 5.82 Å². The number of anilines is 1. The van der Waals surface area contributed by atoms with Gasteiger partial charge < -0.3 is 10.2 Å². The molecule has 112 valence electrons. The maximum absolute atomic E-state index is 6.00. The van der Waals surface area contributed by atoms with Crippen molar-refractivity contribution in [3.8, 4) is 0 Å². The average molecular weight is 305 g/mol. The van der Waals surface area contributed by atoms with E-state index in [1.54, 1.807) is 0 Å². The summed E-state index contributed by atoms with van der Waals surface area (Å²) < 4.78 is 0. The number of aromatic nitrogens is 2. The molecule has 0 unspecified atom stereocenters. The molecule has 21 heavy (non-hydrogen) atoms. The molecule has 2 aromatic rings. The molecule has 0 bridgehead atoms. The molecule has 4 nitrogen and oxygen atoms in total. The zero-order chi connectivity index (χ0) is 15.1. The summed E-state index contributed by atoms with van der Waals surface area (Å²) in [5.41, 5.74) is 2.11. The highest BCUT2D eigenvalue weighted by atomic mass is 35.5. The number of hydrogen-bond acceptors (Lipinski definition) is 4. The summed E-state index contributed by atoms with van der Waals surface area (Å²) in [6, 6.07) is 11.9. The van der Waals surface area contributed by atoms with Crippen molar-refractivity contribution in [1.29, 1.82) is 0 Å². The second-order valence-electron chi connectivity index (χ2n) is 5.05. The molecule has 0 spiro atoms. The number of nitrogens with zero attached hydrogens (tertiary/aromatic N) is 3. The van der Waals surface area contributed by atoms with Crippen LogP contribution in [0, 0.1) is 0 Å². The Morgan fingerprint density at radius 3 is 2.71 bits per heavy atom. The van der Waals surface area contributed by atoms with E-state index in [-0.39, 0.29) is 0 Å². The van der Waals surface area contributed by atoms with E-state index < -0.39 is 0 Å². The minimum atomic E-state index is 0.753. The zero-order valence-electron chi connectivity index (χ0n) is 12.5. The predicted octanol–water partition coefficient (Wildman–Crippen LogP) is 3.27. The summed E-state index contributed by atoms with van der Waals surface area (Å²) >= 11 is 6.00. The van der Waals surface area contributed by atoms with Gasteiger partial charge in [0.05, 0.1) is 5.69 Å². The molecule has 0 aliphatic heterocycles. The Kier molecular flexibility index (Phi) is 5.96. The van der Waals surface area contributed by atoms with Crippen molar-refractivity contribution in [2.75, 3.05) is 18.5 Å². The molecular formula is C16H21ClN4. The van der Waals surface area contributed by atoms with Crippen LogP contribution in [-0.4, -0.2) is 23.8 Å². The molecule has 0 aliphatic carbocycles. The molecule has 1 heterocycles. The second-order valence-corrected chi connectivity index (χ2v) is 5.48. The molecule has 0 atom stereocenters. The predicted molar refractivity (Wildman–Crippen MR) is 87.6 cm³/mol. The molecule has 0 saturated carbocycles. The molecule has 1 aromatic carbocycles. The van der Waals surface area contributed by atoms with Crippen LogP contribution < -0.4 is 10.2 Å². The number of nitrogens with one attached hydrogen (secondary N) is 1. The minimum absolute atomic E-state index is 0.753. The molecule has 0 saturated heterocycles. The molecular weight excluding hydrogens is 284 g/mol. The smallest absolute Gasteiger partial charge is 0.151 e. The molecule has 5 heteroatoms. The van der Waals surface area contributed by atoms with E-state index in [1.165, 1.54) is 0 Å². The Balaban J connectivity index is 1.94. The Morgan fingerprint density at radius 1 is 1.19 bits per heavy atom. The molecule has 1 N–H and O–H groups in total. The van der Waals surface area contributed by atoms with Crippen LogP contribution in [0.2, 0.25) is 5.02 Å². The van der Waals surface area contributed by atoms with Gasteiger partial charge in [0.2, 0.25) is 0 Å². The van der Waals surface area contributed by atoms with Crippen molar-refractivity contribution < 1.29 is 0 Å². The van der Waals surface area contributed by atoms with Gasteiger partial charge in [-0.25, -0.2) is 0 Å². The monoisotopic (exact) mass is 304 g/mol. The van der Waals surface area contributed by atoms with Crippen molar-refractivity contribution in [1.82, 2.24) is 15.5 Å². The maximum atomic E-state index is 6.00. The molecule has 0 aliphatic rings. The standard InChI is InChI=1S/C16H21ClN4/c1-3-9-18-11-15-7-8-16(20-19-15)21(2)12-13-5-4-6-14(17)10-13/h4-8,10,18H,3,9,11-12H2,1-2H3. The van der Waals surface area contributed by atoms with Crippen molar-refractivity contribution in [3.05, 3.63) is 52.7 Å². The normalized spacial score (nSPS) is 10.6. The summed E-state index contributed by atoms with van der Waals surface area (Å²) in [4.78, 5) is 2.06. The highest BCUT2D eigenvalue weighted by molar-refractivity contribution is 6.30. The fourth-order valence-corrected chi connectivity index (χ4v) is 2.25. The second kappa shape index (κ2) is 7.96. The van der Waals surface area contributed by atoms with Gasteiger partial charge in [-0.05, 0) is 42.8 Å². The molecule has 2 rings (SSSR count). The SMILES string of the molecule is CCCNCc1ccc(N(C)Cc2cccc(Cl)c2)nn1.